The quantitative estimate of drug-likeness (QED) is 0.755. The predicted octanol–water partition coefficient (Wildman–Crippen LogP) is 0.111. The average Bonchev–Trinajstić information content (AvgIpc) is 2.94. The monoisotopic (exact) mass is 357 g/mol. The van der Waals surface area contributed by atoms with Crippen LogP contribution in [-0.2, 0) is 0 Å². The van der Waals surface area contributed by atoms with Crippen LogP contribution < -0.4 is 5.32 Å². The summed E-state index contributed by atoms with van der Waals surface area (Å²) in [6, 6.07) is 7.09. The van der Waals surface area contributed by atoms with Crippen molar-refractivity contribution in [2.75, 3.05) is 65.4 Å². The van der Waals surface area contributed by atoms with Crippen molar-refractivity contribution in [3.8, 4) is 0 Å². The van der Waals surface area contributed by atoms with Crippen LogP contribution in [-0.4, -0.2) is 97.1 Å². The molecule has 2 fully saturated rings. The lowest BCUT2D eigenvalue weighted by Gasteiger charge is -2.38. The van der Waals surface area contributed by atoms with E-state index in [1.54, 1.807) is 12.1 Å². The Morgan fingerprint density at radius 3 is 1.88 bits per heavy atom. The fourth-order valence-electron chi connectivity index (χ4n) is 4.05. The fourth-order valence-corrected chi connectivity index (χ4v) is 4.05. The second kappa shape index (κ2) is 7.84. The lowest BCUT2D eigenvalue weighted by Crippen LogP contribution is -2.55. The Kier molecular flexibility index (Phi) is 5.31. The Hall–Kier alpha value is -1.80. The highest BCUT2D eigenvalue weighted by atomic mass is 16.2. The summed E-state index contributed by atoms with van der Waals surface area (Å²) < 4.78 is 0. The number of fused-ring (bicyclic) bond motifs is 1. The summed E-state index contributed by atoms with van der Waals surface area (Å²) in [4.78, 5) is 30.1. The molecule has 0 aromatic heterocycles. The van der Waals surface area contributed by atoms with Crippen molar-refractivity contribution in [3.63, 3.8) is 0 Å². The number of hydrazine groups is 1. The van der Waals surface area contributed by atoms with Gasteiger partial charge in [-0.3, -0.25) is 9.59 Å². The summed E-state index contributed by atoms with van der Waals surface area (Å²) in [5.74, 6) is -0.365. The van der Waals surface area contributed by atoms with E-state index in [-0.39, 0.29) is 11.8 Å². The molecule has 7 heteroatoms. The number of nitrogens with one attached hydrogen (secondary N) is 1. The van der Waals surface area contributed by atoms with E-state index in [9.17, 15) is 9.59 Å². The topological polar surface area (TPSA) is 59.1 Å². The first kappa shape index (κ1) is 17.6. The van der Waals surface area contributed by atoms with Gasteiger partial charge < -0.3 is 15.1 Å². The van der Waals surface area contributed by atoms with Crippen LogP contribution in [0.3, 0.4) is 0 Å². The summed E-state index contributed by atoms with van der Waals surface area (Å²) >= 11 is 0. The van der Waals surface area contributed by atoms with Gasteiger partial charge >= 0.3 is 0 Å². The highest BCUT2D eigenvalue weighted by Crippen LogP contribution is 2.24. The number of carbonyl (C=O) groups excluding carboxylic acids is 2. The van der Waals surface area contributed by atoms with Crippen LogP contribution in [0.1, 0.15) is 27.1 Å². The first-order valence-electron chi connectivity index (χ1n) is 9.62. The van der Waals surface area contributed by atoms with Gasteiger partial charge in [-0.1, -0.05) is 12.1 Å². The highest BCUT2D eigenvalue weighted by Gasteiger charge is 2.39. The second-order valence-corrected chi connectivity index (χ2v) is 7.21. The number of hydrogen-bond donors (Lipinski definition) is 1. The standard InChI is InChI=1S/C19H27N5O2/c25-18-16-4-1-2-5-17(16)19(26)24(18)23-14-12-22(13-15-23)9-3-8-21-10-6-20-7-11-21/h1-2,4-5,20H,3,6-15H2. The Balaban J connectivity index is 1.25. The van der Waals surface area contributed by atoms with Gasteiger partial charge in [0.05, 0.1) is 11.1 Å². The molecular weight excluding hydrogens is 330 g/mol. The van der Waals surface area contributed by atoms with Crippen LogP contribution in [0.15, 0.2) is 24.3 Å². The fraction of sp³-hybridized carbons (Fsp3) is 0.579. The number of carbonyl (C=O) groups is 2. The summed E-state index contributed by atoms with van der Waals surface area (Å²) in [5, 5.41) is 6.65. The molecule has 3 heterocycles. The van der Waals surface area contributed by atoms with Gasteiger partial charge in [0.25, 0.3) is 11.8 Å². The second-order valence-electron chi connectivity index (χ2n) is 7.21. The van der Waals surface area contributed by atoms with E-state index in [4.69, 9.17) is 0 Å². The molecule has 7 nitrogen and oxygen atoms in total. The summed E-state index contributed by atoms with van der Waals surface area (Å²) in [5.41, 5.74) is 1.05. The molecule has 0 radical (unpaired) electrons. The molecular formula is C19H27N5O2. The van der Waals surface area contributed by atoms with E-state index in [1.165, 1.54) is 11.4 Å². The Bertz CT molecular complexity index is 631. The third-order valence-corrected chi connectivity index (χ3v) is 5.56. The minimum atomic E-state index is -0.183. The molecule has 1 aromatic rings. The van der Waals surface area contributed by atoms with Gasteiger partial charge in [-0.15, -0.1) is 0 Å². The molecule has 0 atom stereocenters. The molecule has 3 aliphatic rings. The molecule has 2 saturated heterocycles. The maximum absolute atomic E-state index is 12.6. The maximum Gasteiger partial charge on any atom is 0.276 e. The summed E-state index contributed by atoms with van der Waals surface area (Å²) in [6.45, 7) is 9.96. The minimum absolute atomic E-state index is 0.183. The zero-order valence-electron chi connectivity index (χ0n) is 15.2. The number of benzene rings is 1. The molecule has 4 rings (SSSR count). The average molecular weight is 357 g/mol. The molecule has 0 bridgehead atoms. The molecule has 0 spiro atoms. The largest absolute Gasteiger partial charge is 0.314 e. The zero-order valence-corrected chi connectivity index (χ0v) is 15.2. The minimum Gasteiger partial charge on any atom is -0.314 e. The molecule has 0 saturated carbocycles. The first-order valence-corrected chi connectivity index (χ1v) is 9.62. The van der Waals surface area contributed by atoms with Gasteiger partial charge in [-0.05, 0) is 31.6 Å². The normalized spacial score (nSPS) is 22.8. The van der Waals surface area contributed by atoms with Crippen molar-refractivity contribution in [1.82, 2.24) is 25.1 Å². The molecule has 2 amide bonds. The van der Waals surface area contributed by atoms with Crippen molar-refractivity contribution < 1.29 is 9.59 Å². The Labute approximate surface area is 154 Å². The van der Waals surface area contributed by atoms with E-state index in [2.05, 4.69) is 15.1 Å². The third-order valence-electron chi connectivity index (χ3n) is 5.56. The number of imide groups is 1. The SMILES string of the molecule is O=C1c2ccccc2C(=O)N1N1CCN(CCCN2CCNCC2)CC1. The van der Waals surface area contributed by atoms with E-state index in [1.807, 2.05) is 17.1 Å². The van der Waals surface area contributed by atoms with E-state index < -0.39 is 0 Å². The van der Waals surface area contributed by atoms with Crippen molar-refractivity contribution in [2.45, 2.75) is 6.42 Å². The number of rotatable bonds is 5. The van der Waals surface area contributed by atoms with Crippen molar-refractivity contribution >= 4 is 11.8 Å². The third kappa shape index (κ3) is 3.53. The van der Waals surface area contributed by atoms with Crippen molar-refractivity contribution in [3.05, 3.63) is 35.4 Å². The Morgan fingerprint density at radius 1 is 0.769 bits per heavy atom. The van der Waals surface area contributed by atoms with Crippen molar-refractivity contribution in [1.29, 1.82) is 0 Å². The lowest BCUT2D eigenvalue weighted by atomic mass is 10.1. The molecule has 3 aliphatic heterocycles. The number of nitrogens with zero attached hydrogens (tertiary/aromatic N) is 4. The first-order chi connectivity index (χ1) is 12.7. The van der Waals surface area contributed by atoms with E-state index in [0.29, 0.717) is 11.1 Å². The van der Waals surface area contributed by atoms with E-state index in [0.717, 1.165) is 65.4 Å². The highest BCUT2D eigenvalue weighted by molar-refractivity contribution is 6.20. The van der Waals surface area contributed by atoms with Gasteiger partial charge in [0.2, 0.25) is 0 Å². The van der Waals surface area contributed by atoms with Crippen LogP contribution in [0.4, 0.5) is 0 Å². The maximum atomic E-state index is 12.6. The molecule has 1 N–H and O–H groups in total. The van der Waals surface area contributed by atoms with Crippen LogP contribution >= 0.6 is 0 Å². The molecule has 1 aromatic carbocycles. The number of amides is 2. The molecule has 26 heavy (non-hydrogen) atoms. The van der Waals surface area contributed by atoms with Gasteiger partial charge in [-0.25, -0.2) is 10.0 Å². The van der Waals surface area contributed by atoms with E-state index >= 15 is 0 Å². The van der Waals surface area contributed by atoms with Crippen LogP contribution in [0.25, 0.3) is 0 Å². The zero-order chi connectivity index (χ0) is 17.9. The summed E-state index contributed by atoms with van der Waals surface area (Å²) in [7, 11) is 0. The van der Waals surface area contributed by atoms with Crippen LogP contribution in [0.2, 0.25) is 0 Å². The van der Waals surface area contributed by atoms with Crippen molar-refractivity contribution in [2.24, 2.45) is 0 Å². The number of hydrogen-bond acceptors (Lipinski definition) is 6. The smallest absolute Gasteiger partial charge is 0.276 e. The Morgan fingerprint density at radius 2 is 1.31 bits per heavy atom. The van der Waals surface area contributed by atoms with Gasteiger partial charge in [0.15, 0.2) is 0 Å². The van der Waals surface area contributed by atoms with Crippen LogP contribution in [0, 0.1) is 0 Å². The molecule has 0 unspecified atom stereocenters. The number of piperazine rings is 2. The van der Waals surface area contributed by atoms with Gasteiger partial charge in [0, 0.05) is 52.4 Å². The predicted molar refractivity (Wildman–Crippen MR) is 98.9 cm³/mol. The van der Waals surface area contributed by atoms with Crippen LogP contribution in [0.5, 0.6) is 0 Å². The van der Waals surface area contributed by atoms with Gasteiger partial charge in [-0.2, -0.15) is 0 Å². The lowest BCUT2D eigenvalue weighted by molar-refractivity contribution is -0.0214. The van der Waals surface area contributed by atoms with Gasteiger partial charge in [0.1, 0.15) is 0 Å². The molecule has 140 valence electrons. The summed E-state index contributed by atoms with van der Waals surface area (Å²) in [6.07, 6.45) is 1.17. The molecule has 0 aliphatic carbocycles.